The fourth-order valence-corrected chi connectivity index (χ4v) is 7.91. The van der Waals surface area contributed by atoms with Gasteiger partial charge >= 0.3 is 0 Å². The van der Waals surface area contributed by atoms with Gasteiger partial charge in [0.05, 0.1) is 17.3 Å². The van der Waals surface area contributed by atoms with Crippen molar-refractivity contribution in [2.75, 3.05) is 27.2 Å². The number of ketones is 1. The third-order valence-electron chi connectivity index (χ3n) is 10.1. The van der Waals surface area contributed by atoms with Crippen LogP contribution in [0.25, 0.3) is 11.1 Å². The predicted octanol–water partition coefficient (Wildman–Crippen LogP) is 3.09. The number of nitrogens with one attached hydrogen (secondary N) is 2. The van der Waals surface area contributed by atoms with Crippen LogP contribution in [-0.2, 0) is 11.2 Å². The molecule has 2 amide bonds. The quantitative estimate of drug-likeness (QED) is 0.211. The highest BCUT2D eigenvalue weighted by molar-refractivity contribution is 6.26. The number of aliphatic hydroxyl groups excluding tert-OH is 2. The predicted molar refractivity (Wildman–Crippen MR) is 181 cm³/mol. The van der Waals surface area contributed by atoms with Crippen molar-refractivity contribution in [3.63, 3.8) is 0 Å². The van der Waals surface area contributed by atoms with Crippen molar-refractivity contribution in [3.8, 4) is 16.9 Å². The zero-order valence-electron chi connectivity index (χ0n) is 28.2. The number of phenolic OH excluding ortho intramolecular Hbond substituents is 1. The fraction of sp³-hybridized carbons (Fsp3) is 0.444. The number of phenols is 1. The van der Waals surface area contributed by atoms with Crippen molar-refractivity contribution >= 4 is 23.3 Å². The van der Waals surface area contributed by atoms with Crippen LogP contribution in [0.5, 0.6) is 5.75 Å². The molecule has 0 aliphatic heterocycles. The van der Waals surface area contributed by atoms with E-state index in [0.717, 1.165) is 0 Å². The summed E-state index contributed by atoms with van der Waals surface area (Å²) in [5, 5.41) is 57.2. The number of likely N-dealkylation sites (N-methyl/N-ethyl adjacent to an activating group) is 1. The Morgan fingerprint density at radius 1 is 1.08 bits per heavy atom. The number of fused-ring (bicyclic) bond motifs is 3. The first-order chi connectivity index (χ1) is 22.5. The number of aliphatic hydroxyl groups is 3. The van der Waals surface area contributed by atoms with Gasteiger partial charge in [0.1, 0.15) is 22.8 Å². The van der Waals surface area contributed by atoms with Crippen molar-refractivity contribution in [2.24, 2.45) is 17.6 Å². The van der Waals surface area contributed by atoms with E-state index >= 15 is 0 Å². The lowest BCUT2D eigenvalue weighted by molar-refractivity contribution is -0.114. The van der Waals surface area contributed by atoms with Crippen LogP contribution in [0.2, 0.25) is 0 Å². The monoisotopic (exact) mass is 659 g/mol. The highest BCUT2D eigenvalue weighted by Gasteiger charge is 2.61. The molecular formula is C36H45N5O7. The van der Waals surface area contributed by atoms with E-state index in [4.69, 9.17) is 11.1 Å². The van der Waals surface area contributed by atoms with Gasteiger partial charge in [-0.2, -0.15) is 0 Å². The maximum atomic E-state index is 14.1. The first-order valence-electron chi connectivity index (χ1n) is 16.2. The molecule has 2 aromatic rings. The summed E-state index contributed by atoms with van der Waals surface area (Å²) in [7, 11) is 3.24. The minimum Gasteiger partial charge on any atom is -0.510 e. The van der Waals surface area contributed by atoms with Crippen molar-refractivity contribution in [3.05, 3.63) is 75.8 Å². The van der Waals surface area contributed by atoms with E-state index < -0.39 is 58.0 Å². The molecule has 0 saturated carbocycles. The largest absolute Gasteiger partial charge is 0.510 e. The summed E-state index contributed by atoms with van der Waals surface area (Å²) in [5.74, 6) is -5.38. The van der Waals surface area contributed by atoms with Crippen LogP contribution in [0.4, 0.5) is 0 Å². The maximum Gasteiger partial charge on any atom is 0.254 e. The smallest absolute Gasteiger partial charge is 0.254 e. The fourth-order valence-electron chi connectivity index (χ4n) is 7.91. The van der Waals surface area contributed by atoms with Crippen LogP contribution in [0.15, 0.2) is 59.1 Å². The maximum absolute atomic E-state index is 14.1. The molecule has 0 heterocycles. The molecule has 2 aromatic carbocycles. The summed E-state index contributed by atoms with van der Waals surface area (Å²) < 4.78 is 0. The Morgan fingerprint density at radius 3 is 2.35 bits per heavy atom. The van der Waals surface area contributed by atoms with Gasteiger partial charge in [0, 0.05) is 42.2 Å². The van der Waals surface area contributed by atoms with Gasteiger partial charge < -0.3 is 36.9 Å². The first-order valence-corrected chi connectivity index (χ1v) is 16.2. The lowest BCUT2D eigenvalue weighted by Gasteiger charge is -2.51. The van der Waals surface area contributed by atoms with E-state index in [2.05, 4.69) is 37.9 Å². The number of hydrogen-bond donors (Lipinski definition) is 7. The molecule has 12 nitrogen and oxygen atoms in total. The number of hydrogen-bond acceptors (Lipinski definition) is 10. The second-order valence-corrected chi connectivity index (χ2v) is 13.8. The molecule has 0 radical (unpaired) electrons. The van der Waals surface area contributed by atoms with E-state index in [1.165, 1.54) is 6.07 Å². The van der Waals surface area contributed by atoms with Gasteiger partial charge in [0.25, 0.3) is 11.8 Å². The number of nitrogens with zero attached hydrogens (tertiary/aromatic N) is 2. The Morgan fingerprint density at radius 2 is 1.75 bits per heavy atom. The van der Waals surface area contributed by atoms with Crippen LogP contribution in [0.1, 0.15) is 60.4 Å². The molecule has 0 fully saturated rings. The van der Waals surface area contributed by atoms with Crippen LogP contribution < -0.4 is 11.1 Å². The van der Waals surface area contributed by atoms with Crippen molar-refractivity contribution in [1.29, 1.82) is 5.41 Å². The second-order valence-electron chi connectivity index (χ2n) is 13.8. The molecule has 0 bridgehead atoms. The van der Waals surface area contributed by atoms with E-state index in [9.17, 15) is 34.8 Å². The Labute approximate surface area is 280 Å². The number of allylic oxidation sites excluding steroid dienone is 1. The number of benzene rings is 2. The number of carbonyl (C=O) groups is 3. The molecule has 0 saturated heterocycles. The molecule has 256 valence electrons. The summed E-state index contributed by atoms with van der Waals surface area (Å²) >= 11 is 0. The van der Waals surface area contributed by atoms with E-state index in [1.807, 2.05) is 6.07 Å². The Hall–Kier alpha value is -4.52. The Kier molecular flexibility index (Phi) is 9.30. The van der Waals surface area contributed by atoms with Gasteiger partial charge in [0.15, 0.2) is 11.4 Å². The molecule has 4 atom stereocenters. The number of Topliss-reactive ketones (excluding diaryl/α,β-unsaturated/α-hetero) is 1. The summed E-state index contributed by atoms with van der Waals surface area (Å²) in [6.07, 6.45) is 0.234. The highest BCUT2D eigenvalue weighted by Crippen LogP contribution is 2.53. The zero-order valence-corrected chi connectivity index (χ0v) is 28.2. The molecule has 3 aliphatic rings. The normalized spacial score (nSPS) is 23.9. The van der Waals surface area contributed by atoms with Crippen molar-refractivity contribution in [1.82, 2.24) is 15.1 Å². The molecule has 0 aromatic heterocycles. The van der Waals surface area contributed by atoms with Gasteiger partial charge in [-0.05, 0) is 95.4 Å². The number of carbonyl (C=O) groups excluding carboxylic acids is 3. The third kappa shape index (κ3) is 5.57. The summed E-state index contributed by atoms with van der Waals surface area (Å²) in [6, 6.07) is 9.72. The van der Waals surface area contributed by atoms with Gasteiger partial charge in [-0.25, -0.2) is 0 Å². The van der Waals surface area contributed by atoms with Crippen molar-refractivity contribution < 1.29 is 34.8 Å². The zero-order chi connectivity index (χ0) is 35.4. The summed E-state index contributed by atoms with van der Waals surface area (Å²) in [5.41, 5.74) is 3.60. The Bertz CT molecular complexity index is 1750. The average Bonchev–Trinajstić information content (AvgIpc) is 3.00. The average molecular weight is 660 g/mol. The van der Waals surface area contributed by atoms with Gasteiger partial charge in [-0.3, -0.25) is 24.2 Å². The minimum absolute atomic E-state index is 0.0512. The lowest BCUT2D eigenvalue weighted by atomic mass is 9.58. The van der Waals surface area contributed by atoms with E-state index in [-0.39, 0.29) is 35.6 Å². The number of rotatable bonds is 9. The van der Waals surface area contributed by atoms with Crippen LogP contribution >= 0.6 is 0 Å². The van der Waals surface area contributed by atoms with Crippen LogP contribution in [0, 0.1) is 17.2 Å². The number of amides is 2. The molecular weight excluding hydrogens is 614 g/mol. The standard InChI is InChI=1S/C36H45N5O7/c1-17(2)41(18(3)4)13-12-39-35(47)20-9-7-8-19(14-20)22-10-11-25(42)27-23(22)15-21-16-24-29(40(5)6)31(44)28(34(38)46)32(37)36(24,48)33(45)26(21)30(27)43/h7-11,14,17-18,21,24,29,37,42,44-45,48H,12-13,15-16H2,1-6H3,(H2,38,46)(H,39,47)/t21-,24-,29-,36+/m0/s1. The third-order valence-corrected chi connectivity index (χ3v) is 10.1. The first kappa shape index (κ1) is 34.8. The van der Waals surface area contributed by atoms with Gasteiger partial charge in [-0.15, -0.1) is 0 Å². The Balaban J connectivity index is 1.53. The number of primary amides is 1. The summed E-state index contributed by atoms with van der Waals surface area (Å²) in [6.45, 7) is 9.62. The molecule has 8 N–H and O–H groups in total. The summed E-state index contributed by atoms with van der Waals surface area (Å²) in [4.78, 5) is 43.5. The van der Waals surface area contributed by atoms with Gasteiger partial charge in [-0.1, -0.05) is 18.2 Å². The van der Waals surface area contributed by atoms with Crippen LogP contribution in [0.3, 0.4) is 0 Å². The topological polar surface area (TPSA) is 201 Å². The van der Waals surface area contributed by atoms with E-state index in [1.54, 1.807) is 43.3 Å². The number of nitrogens with two attached hydrogens (primary N) is 1. The molecule has 12 heteroatoms. The highest BCUT2D eigenvalue weighted by atomic mass is 16.3. The second kappa shape index (κ2) is 12.8. The lowest BCUT2D eigenvalue weighted by Crippen LogP contribution is -2.63. The SMILES string of the molecule is CC(C)N(CCNC(=O)c1cccc(-c2ccc(O)c3c2C[C@H]2C[C@H]4[C@H](N(C)C)C(O)=C(C(N)=O)C(=N)[C@@]4(O)C(O)=C2C3=O)c1)C(C)C. The minimum atomic E-state index is -2.49. The molecule has 48 heavy (non-hydrogen) atoms. The molecule has 0 spiro atoms. The van der Waals surface area contributed by atoms with Crippen LogP contribution in [-0.4, -0.2) is 104 Å². The van der Waals surface area contributed by atoms with Crippen molar-refractivity contribution in [2.45, 2.75) is 64.3 Å². The van der Waals surface area contributed by atoms with Gasteiger partial charge in [0.2, 0.25) is 0 Å². The van der Waals surface area contributed by atoms with E-state index in [0.29, 0.717) is 47.4 Å². The molecule has 0 unspecified atom stereocenters. The molecule has 3 aliphatic carbocycles. The molecule has 5 rings (SSSR count). The number of aromatic hydroxyl groups is 1.